The van der Waals surface area contributed by atoms with Crippen molar-refractivity contribution in [3.8, 4) is 0 Å². The molecule has 0 saturated carbocycles. The number of hydrogen-bond donors (Lipinski definition) is 0. The molecule has 0 saturated heterocycles. The van der Waals surface area contributed by atoms with E-state index in [1.807, 2.05) is 0 Å². The van der Waals surface area contributed by atoms with Gasteiger partial charge in [-0.1, -0.05) is 24.3 Å². The van der Waals surface area contributed by atoms with Gasteiger partial charge in [-0.15, -0.1) is 0 Å². The number of imide groups is 2. The molecule has 4 rings (SSSR count). The van der Waals surface area contributed by atoms with Gasteiger partial charge in [0.1, 0.15) is 0 Å². The normalized spacial score (nSPS) is 13.7. The predicted octanol–water partition coefficient (Wildman–Crippen LogP) is 1.76. The summed E-state index contributed by atoms with van der Waals surface area (Å²) in [6, 6.07) is 13.6. The molecule has 0 unspecified atom stereocenters. The van der Waals surface area contributed by atoms with Crippen molar-refractivity contribution in [3.05, 3.63) is 70.8 Å². The highest BCUT2D eigenvalue weighted by Gasteiger charge is 2.35. The highest BCUT2D eigenvalue weighted by molar-refractivity contribution is 6.22. The van der Waals surface area contributed by atoms with Gasteiger partial charge in [-0.25, -0.2) is 0 Å². The summed E-state index contributed by atoms with van der Waals surface area (Å²) in [6.07, 6.45) is 0. The lowest BCUT2D eigenvalue weighted by atomic mass is 10.1. The SMILES string of the molecule is O=C1c2ccccc2C(=O)N1CCOCCOCCOCCOCCOCCOCCOCCOCCOCCOCCOCCN1C(=O)c2ccccc2C1=O. The summed E-state index contributed by atoms with van der Waals surface area (Å²) in [7, 11) is 0. The highest BCUT2D eigenvalue weighted by atomic mass is 16.6. The summed E-state index contributed by atoms with van der Waals surface area (Å²) >= 11 is 0. The van der Waals surface area contributed by atoms with Crippen LogP contribution < -0.4 is 0 Å². The molecule has 2 aliphatic rings. The largest absolute Gasteiger partial charge is 0.377 e. The Kier molecular flexibility index (Phi) is 23.1. The molecule has 57 heavy (non-hydrogen) atoms. The molecular weight excluding hydrogens is 748 g/mol. The van der Waals surface area contributed by atoms with Gasteiger partial charge in [0, 0.05) is 0 Å². The van der Waals surface area contributed by atoms with E-state index in [0.29, 0.717) is 154 Å². The molecule has 0 fully saturated rings. The molecule has 0 radical (unpaired) electrons. The fraction of sp³-hybridized carbons (Fsp3) is 0.600. The van der Waals surface area contributed by atoms with Crippen molar-refractivity contribution in [2.45, 2.75) is 0 Å². The van der Waals surface area contributed by atoms with Crippen LogP contribution in [0.25, 0.3) is 0 Å². The van der Waals surface area contributed by atoms with E-state index in [-0.39, 0.29) is 49.9 Å². The number of rotatable bonds is 36. The van der Waals surface area contributed by atoms with E-state index < -0.39 is 0 Å². The second kappa shape index (κ2) is 28.6. The molecule has 17 heteroatoms. The molecule has 0 aromatic heterocycles. The van der Waals surface area contributed by atoms with Gasteiger partial charge in [-0.05, 0) is 24.3 Å². The lowest BCUT2D eigenvalue weighted by Gasteiger charge is -2.13. The summed E-state index contributed by atoms with van der Waals surface area (Å²) in [5, 5.41) is 0. The zero-order valence-corrected chi connectivity index (χ0v) is 32.6. The molecule has 2 aromatic carbocycles. The van der Waals surface area contributed by atoms with E-state index >= 15 is 0 Å². The minimum absolute atomic E-state index is 0.206. The van der Waals surface area contributed by atoms with E-state index in [4.69, 9.17) is 52.1 Å². The average Bonchev–Trinajstić information content (AvgIpc) is 3.62. The number of carbonyl (C=O) groups excluding carboxylic acids is 4. The standard InChI is InChI=1S/C40H56N2O15/c43-37-33-5-1-2-6-34(33)38(44)41(37)9-11-47-13-15-49-17-19-51-21-23-53-25-27-55-29-31-57-32-30-56-28-26-54-24-22-52-20-18-50-16-14-48-12-10-42-39(45)35-7-3-4-8-36(35)40(42)46/h1-8H,9-32H2. The third kappa shape index (κ3) is 17.0. The van der Waals surface area contributed by atoms with Crippen molar-refractivity contribution in [3.63, 3.8) is 0 Å². The predicted molar refractivity (Wildman–Crippen MR) is 203 cm³/mol. The van der Waals surface area contributed by atoms with Crippen LogP contribution in [0.4, 0.5) is 0 Å². The van der Waals surface area contributed by atoms with Crippen molar-refractivity contribution in [1.29, 1.82) is 0 Å². The molecule has 2 heterocycles. The Morgan fingerprint density at radius 2 is 0.421 bits per heavy atom. The van der Waals surface area contributed by atoms with Crippen molar-refractivity contribution in [2.75, 3.05) is 158 Å². The van der Waals surface area contributed by atoms with E-state index in [1.54, 1.807) is 48.5 Å². The first kappa shape index (κ1) is 46.0. The number of carbonyl (C=O) groups is 4. The lowest BCUT2D eigenvalue weighted by Crippen LogP contribution is -2.33. The van der Waals surface area contributed by atoms with Crippen LogP contribution in [0.15, 0.2) is 48.5 Å². The van der Waals surface area contributed by atoms with Gasteiger partial charge in [0.25, 0.3) is 23.6 Å². The highest BCUT2D eigenvalue weighted by Crippen LogP contribution is 2.23. The maximum Gasteiger partial charge on any atom is 0.261 e. The Balaban J connectivity index is 0.764. The summed E-state index contributed by atoms with van der Waals surface area (Å²) < 4.78 is 60.3. The minimum atomic E-state index is -0.284. The van der Waals surface area contributed by atoms with Crippen LogP contribution in [0.5, 0.6) is 0 Å². The Morgan fingerprint density at radius 3 is 0.596 bits per heavy atom. The minimum Gasteiger partial charge on any atom is -0.377 e. The summed E-state index contributed by atoms with van der Waals surface area (Å²) in [4.78, 5) is 51.7. The molecule has 2 aliphatic heterocycles. The Hall–Kier alpha value is -3.72. The van der Waals surface area contributed by atoms with Gasteiger partial charge in [0.2, 0.25) is 0 Å². The van der Waals surface area contributed by atoms with Gasteiger partial charge >= 0.3 is 0 Å². The number of nitrogens with zero attached hydrogens (tertiary/aromatic N) is 2. The van der Waals surface area contributed by atoms with Crippen LogP contribution >= 0.6 is 0 Å². The topological polar surface area (TPSA) is 176 Å². The average molecular weight is 805 g/mol. The van der Waals surface area contributed by atoms with Crippen molar-refractivity contribution in [2.24, 2.45) is 0 Å². The number of ether oxygens (including phenoxy) is 11. The zero-order valence-electron chi connectivity index (χ0n) is 32.6. The van der Waals surface area contributed by atoms with E-state index in [2.05, 4.69) is 0 Å². The fourth-order valence-electron chi connectivity index (χ4n) is 5.50. The third-order valence-corrected chi connectivity index (χ3v) is 8.39. The zero-order chi connectivity index (χ0) is 40.2. The maximum atomic E-state index is 12.3. The summed E-state index contributed by atoms with van der Waals surface area (Å²) in [5.74, 6) is -1.14. The molecule has 0 N–H and O–H groups in total. The Bertz CT molecular complexity index is 1300. The van der Waals surface area contributed by atoms with Crippen LogP contribution in [-0.4, -0.2) is 192 Å². The van der Waals surface area contributed by atoms with Gasteiger partial charge in [0.05, 0.1) is 181 Å². The number of fused-ring (bicyclic) bond motifs is 2. The third-order valence-electron chi connectivity index (χ3n) is 8.39. The van der Waals surface area contributed by atoms with Gasteiger partial charge in [-0.2, -0.15) is 0 Å². The van der Waals surface area contributed by atoms with E-state index in [1.165, 1.54) is 9.80 Å². The van der Waals surface area contributed by atoms with Crippen LogP contribution in [0.3, 0.4) is 0 Å². The first-order chi connectivity index (χ1) is 28.1. The molecule has 0 aliphatic carbocycles. The molecule has 4 amide bonds. The molecule has 0 spiro atoms. The molecule has 316 valence electrons. The maximum absolute atomic E-state index is 12.3. The number of hydrogen-bond acceptors (Lipinski definition) is 15. The van der Waals surface area contributed by atoms with Crippen molar-refractivity contribution in [1.82, 2.24) is 9.80 Å². The second-order valence-corrected chi connectivity index (χ2v) is 12.4. The fourth-order valence-corrected chi connectivity index (χ4v) is 5.50. The van der Waals surface area contributed by atoms with Gasteiger partial charge in [-0.3, -0.25) is 29.0 Å². The van der Waals surface area contributed by atoms with Crippen LogP contribution in [0, 0.1) is 0 Å². The number of amides is 4. The molecule has 0 atom stereocenters. The van der Waals surface area contributed by atoms with E-state index in [0.717, 1.165) is 0 Å². The van der Waals surface area contributed by atoms with E-state index in [9.17, 15) is 19.2 Å². The first-order valence-corrected chi connectivity index (χ1v) is 19.3. The number of benzene rings is 2. The monoisotopic (exact) mass is 804 g/mol. The molecule has 2 aromatic rings. The van der Waals surface area contributed by atoms with Gasteiger partial charge in [0.15, 0.2) is 0 Å². The first-order valence-electron chi connectivity index (χ1n) is 19.3. The Labute approximate surface area is 333 Å². The summed E-state index contributed by atoms with van der Waals surface area (Å²) in [5.41, 5.74) is 1.74. The molecule has 0 bridgehead atoms. The Morgan fingerprint density at radius 1 is 0.263 bits per heavy atom. The smallest absolute Gasteiger partial charge is 0.261 e. The molecular formula is C40H56N2O15. The molecule has 17 nitrogen and oxygen atoms in total. The summed E-state index contributed by atoms with van der Waals surface area (Å²) in [6.45, 7) is 9.63. The van der Waals surface area contributed by atoms with Crippen molar-refractivity contribution >= 4 is 23.6 Å². The van der Waals surface area contributed by atoms with Crippen LogP contribution in [0.1, 0.15) is 41.4 Å². The quantitative estimate of drug-likeness (QED) is 0.0719. The second-order valence-electron chi connectivity index (χ2n) is 12.4. The van der Waals surface area contributed by atoms with Crippen LogP contribution in [-0.2, 0) is 52.1 Å². The van der Waals surface area contributed by atoms with Crippen molar-refractivity contribution < 1.29 is 71.3 Å². The van der Waals surface area contributed by atoms with Gasteiger partial charge < -0.3 is 52.1 Å². The lowest BCUT2D eigenvalue weighted by molar-refractivity contribution is -0.0276. The van der Waals surface area contributed by atoms with Crippen LogP contribution in [0.2, 0.25) is 0 Å².